The Balaban J connectivity index is 1.45. The van der Waals surface area contributed by atoms with Crippen molar-refractivity contribution in [2.45, 2.75) is 32.0 Å². The van der Waals surface area contributed by atoms with Gasteiger partial charge in [0.15, 0.2) is 0 Å². The van der Waals surface area contributed by atoms with Crippen LogP contribution < -0.4 is 9.47 Å². The van der Waals surface area contributed by atoms with Gasteiger partial charge in [0.05, 0.1) is 11.6 Å². The van der Waals surface area contributed by atoms with Crippen molar-refractivity contribution in [3.8, 4) is 17.2 Å². The predicted octanol–water partition coefficient (Wildman–Crippen LogP) is 5.82. The number of likely N-dealkylation sites (tertiary alicyclic amines) is 1. The van der Waals surface area contributed by atoms with Crippen LogP contribution in [0.2, 0.25) is 0 Å². The van der Waals surface area contributed by atoms with Crippen molar-refractivity contribution in [3.05, 3.63) is 125 Å². The van der Waals surface area contributed by atoms with Gasteiger partial charge in [-0.2, -0.15) is 0 Å². The summed E-state index contributed by atoms with van der Waals surface area (Å²) in [5, 5.41) is 11.5. The Labute approximate surface area is 226 Å². The van der Waals surface area contributed by atoms with Gasteiger partial charge in [-0.25, -0.2) is 0 Å². The molecule has 194 valence electrons. The largest absolute Gasteiger partial charge is 0.507 e. The summed E-state index contributed by atoms with van der Waals surface area (Å²) in [6.07, 6.45) is 4.05. The fraction of sp³-hybridized carbons (Fsp3) is 0.156. The molecule has 0 saturated carbocycles. The van der Waals surface area contributed by atoms with E-state index in [1.807, 2.05) is 67.6 Å². The number of hydrogen-bond acceptors (Lipinski definition) is 6. The molecular formula is C32H26N2O5. The van der Waals surface area contributed by atoms with E-state index in [2.05, 4.69) is 4.98 Å². The monoisotopic (exact) mass is 518 g/mol. The van der Waals surface area contributed by atoms with Gasteiger partial charge < -0.3 is 19.5 Å². The van der Waals surface area contributed by atoms with E-state index in [9.17, 15) is 14.7 Å². The second kappa shape index (κ2) is 10.1. The molecule has 4 aromatic rings. The molecule has 2 aliphatic rings. The molecule has 2 aliphatic heterocycles. The number of Topliss-reactive ketones (excluding diaryl/α,β-unsaturated/α-hetero) is 1. The molecule has 1 N–H and O–H groups in total. The first-order chi connectivity index (χ1) is 19.0. The van der Waals surface area contributed by atoms with Crippen LogP contribution in [0.1, 0.15) is 35.2 Å². The van der Waals surface area contributed by atoms with Gasteiger partial charge in [-0.1, -0.05) is 36.4 Å². The first-order valence-corrected chi connectivity index (χ1v) is 12.8. The van der Waals surface area contributed by atoms with Crippen LogP contribution in [0.4, 0.5) is 0 Å². The molecule has 0 radical (unpaired) electrons. The van der Waals surface area contributed by atoms with Gasteiger partial charge in [0.25, 0.3) is 11.7 Å². The number of aliphatic hydroxyl groups is 1. The number of carbonyl (C=O) groups excluding carboxylic acids is 2. The predicted molar refractivity (Wildman–Crippen MR) is 145 cm³/mol. The molecule has 6 rings (SSSR count). The standard InChI is InChI=1S/C32H26N2O5/c1-20-15-24-16-23(12-13-27(24)38-20)30(35)28-29(34(32(37)31(28)36)19-21-7-6-14-33-18-21)22-8-5-11-26(17-22)39-25-9-3-2-4-10-25/h2-14,16-18,20,29,35H,15,19H2,1H3/b30-28-. The number of fused-ring (bicyclic) bond motifs is 1. The van der Waals surface area contributed by atoms with Crippen molar-refractivity contribution in [1.82, 2.24) is 9.88 Å². The molecule has 1 amide bonds. The third kappa shape index (κ3) is 4.75. The first kappa shape index (κ1) is 24.4. The molecule has 1 aromatic heterocycles. The van der Waals surface area contributed by atoms with E-state index in [0.717, 1.165) is 16.9 Å². The average Bonchev–Trinajstić information content (AvgIpc) is 3.45. The Morgan fingerprint density at radius 1 is 1.00 bits per heavy atom. The second-order valence-electron chi connectivity index (χ2n) is 9.73. The van der Waals surface area contributed by atoms with Gasteiger partial charge in [-0.3, -0.25) is 14.6 Å². The zero-order chi connectivity index (χ0) is 26.9. The van der Waals surface area contributed by atoms with E-state index >= 15 is 0 Å². The van der Waals surface area contributed by atoms with Crippen molar-refractivity contribution in [1.29, 1.82) is 0 Å². The number of amides is 1. The normalized spacial score (nSPS) is 19.6. The number of aromatic nitrogens is 1. The maximum absolute atomic E-state index is 13.5. The Bertz CT molecular complexity index is 1580. The van der Waals surface area contributed by atoms with Gasteiger partial charge in [0, 0.05) is 30.9 Å². The number of aliphatic hydroxyl groups excluding tert-OH is 1. The van der Waals surface area contributed by atoms with Crippen LogP contribution in [-0.2, 0) is 22.6 Å². The quantitative estimate of drug-likeness (QED) is 0.197. The summed E-state index contributed by atoms with van der Waals surface area (Å²) < 4.78 is 11.8. The average molecular weight is 519 g/mol. The lowest BCUT2D eigenvalue weighted by atomic mass is 9.94. The molecule has 1 fully saturated rings. The number of hydrogen-bond donors (Lipinski definition) is 1. The minimum Gasteiger partial charge on any atom is -0.507 e. The molecule has 2 unspecified atom stereocenters. The number of rotatable bonds is 6. The van der Waals surface area contributed by atoms with E-state index in [-0.39, 0.29) is 24.0 Å². The van der Waals surface area contributed by atoms with Crippen LogP contribution in [0.5, 0.6) is 17.2 Å². The van der Waals surface area contributed by atoms with Crippen LogP contribution in [0.25, 0.3) is 5.76 Å². The van der Waals surface area contributed by atoms with Gasteiger partial charge in [-0.05, 0) is 72.1 Å². The Morgan fingerprint density at radius 3 is 2.62 bits per heavy atom. The lowest BCUT2D eigenvalue weighted by Gasteiger charge is -2.25. The number of ether oxygens (including phenoxy) is 2. The van der Waals surface area contributed by atoms with E-state index < -0.39 is 17.7 Å². The van der Waals surface area contributed by atoms with Crippen molar-refractivity contribution in [2.24, 2.45) is 0 Å². The molecular weight excluding hydrogens is 492 g/mol. The maximum Gasteiger partial charge on any atom is 0.295 e. The molecule has 3 aromatic carbocycles. The molecule has 0 bridgehead atoms. The summed E-state index contributed by atoms with van der Waals surface area (Å²) in [5.41, 5.74) is 2.86. The number of para-hydroxylation sites is 1. The molecule has 1 saturated heterocycles. The number of nitrogens with zero attached hydrogens (tertiary/aromatic N) is 2. The van der Waals surface area contributed by atoms with Crippen LogP contribution >= 0.6 is 0 Å². The SMILES string of the molecule is CC1Cc2cc(/C(O)=C3/C(=O)C(=O)N(Cc4cccnc4)C3c3cccc(Oc4ccccc4)c3)ccc2O1. The smallest absolute Gasteiger partial charge is 0.295 e. The number of ketones is 1. The molecule has 7 heteroatoms. The summed E-state index contributed by atoms with van der Waals surface area (Å²) in [6.45, 7) is 2.13. The summed E-state index contributed by atoms with van der Waals surface area (Å²) in [6, 6.07) is 24.7. The Kier molecular flexibility index (Phi) is 6.32. The van der Waals surface area contributed by atoms with Gasteiger partial charge in [0.2, 0.25) is 0 Å². The van der Waals surface area contributed by atoms with Crippen molar-refractivity contribution >= 4 is 17.4 Å². The minimum absolute atomic E-state index is 0.0349. The van der Waals surface area contributed by atoms with Crippen molar-refractivity contribution in [2.75, 3.05) is 0 Å². The fourth-order valence-corrected chi connectivity index (χ4v) is 5.18. The summed E-state index contributed by atoms with van der Waals surface area (Å²) >= 11 is 0. The molecule has 39 heavy (non-hydrogen) atoms. The zero-order valence-corrected chi connectivity index (χ0v) is 21.3. The minimum atomic E-state index is -0.826. The van der Waals surface area contributed by atoms with E-state index in [1.165, 1.54) is 4.90 Å². The summed E-state index contributed by atoms with van der Waals surface area (Å²) in [5.74, 6) is 0.337. The number of benzene rings is 3. The molecule has 3 heterocycles. The highest BCUT2D eigenvalue weighted by Crippen LogP contribution is 2.42. The fourth-order valence-electron chi connectivity index (χ4n) is 5.18. The maximum atomic E-state index is 13.5. The van der Waals surface area contributed by atoms with Crippen molar-refractivity contribution < 1.29 is 24.2 Å². The first-order valence-electron chi connectivity index (χ1n) is 12.8. The molecule has 7 nitrogen and oxygen atoms in total. The second-order valence-corrected chi connectivity index (χ2v) is 9.73. The molecule has 2 atom stereocenters. The van der Waals surface area contributed by atoms with Crippen molar-refractivity contribution in [3.63, 3.8) is 0 Å². The van der Waals surface area contributed by atoms with Gasteiger partial charge in [-0.15, -0.1) is 0 Å². The Morgan fingerprint density at radius 2 is 1.82 bits per heavy atom. The topological polar surface area (TPSA) is 89.0 Å². The van der Waals surface area contributed by atoms with Gasteiger partial charge in [0.1, 0.15) is 29.1 Å². The lowest BCUT2D eigenvalue weighted by molar-refractivity contribution is -0.140. The van der Waals surface area contributed by atoms with Crippen LogP contribution in [0.15, 0.2) is 103 Å². The van der Waals surface area contributed by atoms with E-state index in [0.29, 0.717) is 29.0 Å². The molecule has 0 aliphatic carbocycles. The lowest BCUT2D eigenvalue weighted by Crippen LogP contribution is -2.29. The van der Waals surface area contributed by atoms with Crippen LogP contribution in [0.3, 0.4) is 0 Å². The zero-order valence-electron chi connectivity index (χ0n) is 21.3. The summed E-state index contributed by atoms with van der Waals surface area (Å²) in [4.78, 5) is 32.5. The third-order valence-electron chi connectivity index (χ3n) is 6.94. The Hall–Kier alpha value is -4.91. The van der Waals surface area contributed by atoms with E-state index in [1.54, 1.807) is 36.7 Å². The number of carbonyl (C=O) groups is 2. The highest BCUT2D eigenvalue weighted by atomic mass is 16.5. The third-order valence-corrected chi connectivity index (χ3v) is 6.94. The van der Waals surface area contributed by atoms with Gasteiger partial charge >= 0.3 is 0 Å². The van der Waals surface area contributed by atoms with Crippen LogP contribution in [0, 0.1) is 0 Å². The summed E-state index contributed by atoms with van der Waals surface area (Å²) in [7, 11) is 0. The van der Waals surface area contributed by atoms with E-state index in [4.69, 9.17) is 9.47 Å². The van der Waals surface area contributed by atoms with Crippen LogP contribution in [-0.4, -0.2) is 32.8 Å². The number of pyridine rings is 1. The highest BCUT2D eigenvalue weighted by molar-refractivity contribution is 6.46. The highest BCUT2D eigenvalue weighted by Gasteiger charge is 2.46. The molecule has 0 spiro atoms.